The number of carbonyl (C=O) groups excluding carboxylic acids is 1. The van der Waals surface area contributed by atoms with Gasteiger partial charge < -0.3 is 15.4 Å². The Morgan fingerprint density at radius 3 is 2.13 bits per heavy atom. The molecule has 2 aliphatic rings. The second-order valence-electron chi connectivity index (χ2n) is 10.7. The van der Waals surface area contributed by atoms with Crippen LogP contribution in [0, 0.1) is 5.92 Å². The van der Waals surface area contributed by atoms with Crippen molar-refractivity contribution in [2.45, 2.75) is 96.4 Å². The lowest BCUT2D eigenvalue weighted by molar-refractivity contribution is 0.0183. The van der Waals surface area contributed by atoms with Crippen LogP contribution in [0.5, 0.6) is 0 Å². The van der Waals surface area contributed by atoms with Gasteiger partial charge in [-0.15, -0.1) is 0 Å². The molecule has 3 rings (SSSR count). The van der Waals surface area contributed by atoms with E-state index in [2.05, 4.69) is 29.2 Å². The second-order valence-corrected chi connectivity index (χ2v) is 10.7. The highest BCUT2D eigenvalue weighted by atomic mass is 16.6. The maximum atomic E-state index is 12.5. The zero-order chi connectivity index (χ0) is 22.6. The summed E-state index contributed by atoms with van der Waals surface area (Å²) < 4.78 is 5.59. The monoisotopic (exact) mass is 429 g/mol. The van der Waals surface area contributed by atoms with Crippen molar-refractivity contribution >= 4 is 6.09 Å². The lowest BCUT2D eigenvalue weighted by atomic mass is 9.94. The summed E-state index contributed by atoms with van der Waals surface area (Å²) in [5, 5.41) is 0. The molecule has 1 saturated carbocycles. The Kier molecular flexibility index (Phi) is 8.03. The second kappa shape index (κ2) is 10.4. The van der Waals surface area contributed by atoms with Gasteiger partial charge in [-0.2, -0.15) is 0 Å². The summed E-state index contributed by atoms with van der Waals surface area (Å²) in [6, 6.07) is 9.84. The molecule has 0 radical (unpaired) electrons. The van der Waals surface area contributed by atoms with Crippen LogP contribution in [0.3, 0.4) is 0 Å². The van der Waals surface area contributed by atoms with Crippen LogP contribution < -0.4 is 5.73 Å². The van der Waals surface area contributed by atoms with Crippen LogP contribution in [0.25, 0.3) is 0 Å². The van der Waals surface area contributed by atoms with Gasteiger partial charge in [-0.05, 0) is 89.9 Å². The van der Waals surface area contributed by atoms with E-state index in [1.54, 1.807) is 0 Å². The number of amides is 1. The molecule has 174 valence electrons. The fourth-order valence-corrected chi connectivity index (χ4v) is 4.69. The molecule has 1 saturated heterocycles. The van der Waals surface area contributed by atoms with Crippen molar-refractivity contribution in [3.63, 3.8) is 0 Å². The summed E-state index contributed by atoms with van der Waals surface area (Å²) in [4.78, 5) is 17.0. The molecular formula is C26H43N3O2. The van der Waals surface area contributed by atoms with Crippen molar-refractivity contribution in [2.24, 2.45) is 11.7 Å². The van der Waals surface area contributed by atoms with Crippen molar-refractivity contribution in [3.8, 4) is 0 Å². The lowest BCUT2D eigenvalue weighted by Crippen LogP contribution is -2.43. The Morgan fingerprint density at radius 1 is 1.10 bits per heavy atom. The third-order valence-corrected chi connectivity index (χ3v) is 6.74. The molecule has 1 aromatic rings. The smallest absolute Gasteiger partial charge is 0.410 e. The SMILES string of the molecule is C[C@H](N)c1ccc(C(CC2CC2)N2CCCC(N(C)C(=O)OC(C)(C)C)CCC2)cc1. The minimum absolute atomic E-state index is 0.0801. The average Bonchev–Trinajstić information content (AvgIpc) is 3.49. The van der Waals surface area contributed by atoms with Gasteiger partial charge in [0.25, 0.3) is 0 Å². The molecule has 2 fully saturated rings. The molecule has 2 atom stereocenters. The molecule has 1 aliphatic heterocycles. The standard InChI is InChI=1S/C26H43N3O2/c1-19(27)21-12-14-22(15-13-21)24(18-20-10-11-20)29-16-6-8-23(9-7-17-29)28(5)25(30)31-26(2,3)4/h12-15,19-20,23-24H,6-11,16-18,27H2,1-5H3/t19-,24?/m0/s1. The minimum atomic E-state index is -0.447. The Bertz CT molecular complexity index is 696. The van der Waals surface area contributed by atoms with Gasteiger partial charge in [0.2, 0.25) is 0 Å². The molecule has 1 heterocycles. The molecule has 2 N–H and O–H groups in total. The maximum absolute atomic E-state index is 12.5. The quantitative estimate of drug-likeness (QED) is 0.634. The normalized spacial score (nSPS) is 21.1. The number of nitrogens with two attached hydrogens (primary N) is 1. The Labute approximate surface area is 189 Å². The molecule has 1 unspecified atom stereocenters. The van der Waals surface area contributed by atoms with Crippen LogP contribution in [0.4, 0.5) is 4.79 Å². The van der Waals surface area contributed by atoms with Crippen molar-refractivity contribution in [2.75, 3.05) is 20.1 Å². The van der Waals surface area contributed by atoms with Gasteiger partial charge in [-0.3, -0.25) is 4.90 Å². The number of hydrogen-bond acceptors (Lipinski definition) is 4. The molecule has 0 aromatic heterocycles. The van der Waals surface area contributed by atoms with E-state index in [9.17, 15) is 4.79 Å². The van der Waals surface area contributed by atoms with Gasteiger partial charge in [0, 0.05) is 25.2 Å². The lowest BCUT2D eigenvalue weighted by Gasteiger charge is -2.37. The van der Waals surface area contributed by atoms with Crippen molar-refractivity contribution in [1.82, 2.24) is 9.80 Å². The highest BCUT2D eigenvalue weighted by Crippen LogP contribution is 2.40. The molecule has 5 heteroatoms. The predicted molar refractivity (Wildman–Crippen MR) is 127 cm³/mol. The zero-order valence-corrected chi connectivity index (χ0v) is 20.3. The van der Waals surface area contributed by atoms with Gasteiger partial charge in [-0.25, -0.2) is 4.79 Å². The van der Waals surface area contributed by atoms with E-state index in [1.165, 1.54) is 30.4 Å². The van der Waals surface area contributed by atoms with Gasteiger partial charge in [0.15, 0.2) is 0 Å². The van der Waals surface area contributed by atoms with Crippen LogP contribution in [-0.4, -0.2) is 47.7 Å². The van der Waals surface area contributed by atoms with Crippen molar-refractivity contribution in [3.05, 3.63) is 35.4 Å². The molecule has 1 aliphatic carbocycles. The van der Waals surface area contributed by atoms with Gasteiger partial charge in [-0.1, -0.05) is 37.1 Å². The third-order valence-electron chi connectivity index (χ3n) is 6.74. The first kappa shape index (κ1) is 24.1. The van der Waals surface area contributed by atoms with Gasteiger partial charge >= 0.3 is 6.09 Å². The van der Waals surface area contributed by atoms with Crippen LogP contribution in [0.15, 0.2) is 24.3 Å². The maximum Gasteiger partial charge on any atom is 0.410 e. The van der Waals surface area contributed by atoms with E-state index >= 15 is 0 Å². The number of hydrogen-bond donors (Lipinski definition) is 1. The number of rotatable bonds is 6. The first-order valence-electron chi connectivity index (χ1n) is 12.2. The highest BCUT2D eigenvalue weighted by Gasteiger charge is 2.32. The van der Waals surface area contributed by atoms with Crippen LogP contribution in [-0.2, 0) is 4.74 Å². The van der Waals surface area contributed by atoms with E-state index in [0.717, 1.165) is 44.7 Å². The number of carbonyl (C=O) groups is 1. The molecule has 5 nitrogen and oxygen atoms in total. The third kappa shape index (κ3) is 7.21. The van der Waals surface area contributed by atoms with Crippen molar-refractivity contribution in [1.29, 1.82) is 0 Å². The fraction of sp³-hybridized carbons (Fsp3) is 0.731. The Balaban J connectivity index is 1.62. The summed E-state index contributed by atoms with van der Waals surface area (Å²) in [6.45, 7) is 10.00. The molecule has 0 bridgehead atoms. The summed E-state index contributed by atoms with van der Waals surface area (Å²) in [5.41, 5.74) is 8.24. The van der Waals surface area contributed by atoms with Crippen LogP contribution in [0.1, 0.15) is 95.9 Å². The van der Waals surface area contributed by atoms with Gasteiger partial charge in [0.1, 0.15) is 5.60 Å². The molecule has 0 spiro atoms. The molecule has 31 heavy (non-hydrogen) atoms. The number of nitrogens with zero attached hydrogens (tertiary/aromatic N) is 2. The first-order chi connectivity index (χ1) is 14.6. The van der Waals surface area contributed by atoms with E-state index in [-0.39, 0.29) is 18.2 Å². The summed E-state index contributed by atoms with van der Waals surface area (Å²) in [5.74, 6) is 0.884. The fourth-order valence-electron chi connectivity index (χ4n) is 4.69. The number of ether oxygens (including phenoxy) is 1. The largest absolute Gasteiger partial charge is 0.444 e. The minimum Gasteiger partial charge on any atom is -0.444 e. The number of likely N-dealkylation sites (tertiary alicyclic amines) is 1. The van der Waals surface area contributed by atoms with Crippen LogP contribution >= 0.6 is 0 Å². The van der Waals surface area contributed by atoms with E-state index in [0.29, 0.717) is 6.04 Å². The highest BCUT2D eigenvalue weighted by molar-refractivity contribution is 5.68. The summed E-state index contributed by atoms with van der Waals surface area (Å²) in [7, 11) is 1.90. The Morgan fingerprint density at radius 2 is 1.65 bits per heavy atom. The van der Waals surface area contributed by atoms with Crippen molar-refractivity contribution < 1.29 is 9.53 Å². The predicted octanol–water partition coefficient (Wildman–Crippen LogP) is 5.66. The zero-order valence-electron chi connectivity index (χ0n) is 20.3. The first-order valence-corrected chi connectivity index (χ1v) is 12.2. The summed E-state index contributed by atoms with van der Waals surface area (Å²) >= 11 is 0. The number of benzene rings is 1. The molecular weight excluding hydrogens is 386 g/mol. The van der Waals surface area contributed by atoms with E-state index < -0.39 is 5.60 Å². The van der Waals surface area contributed by atoms with Gasteiger partial charge in [0.05, 0.1) is 0 Å². The van der Waals surface area contributed by atoms with Crippen LogP contribution in [0.2, 0.25) is 0 Å². The Hall–Kier alpha value is -1.59. The molecule has 1 amide bonds. The van der Waals surface area contributed by atoms with E-state index in [1.807, 2.05) is 39.6 Å². The topological polar surface area (TPSA) is 58.8 Å². The summed E-state index contributed by atoms with van der Waals surface area (Å²) in [6.07, 6.45) is 8.11. The average molecular weight is 430 g/mol. The molecule has 1 aromatic carbocycles. The van der Waals surface area contributed by atoms with E-state index in [4.69, 9.17) is 10.5 Å².